The summed E-state index contributed by atoms with van der Waals surface area (Å²) in [5.41, 5.74) is 1.92. The van der Waals surface area contributed by atoms with Crippen LogP contribution in [0.25, 0.3) is 0 Å². The molecule has 2 atom stereocenters. The Kier molecular flexibility index (Phi) is 3.25. The Balaban J connectivity index is 1.74. The minimum Gasteiger partial charge on any atom is -0.495 e. The summed E-state index contributed by atoms with van der Waals surface area (Å²) in [5.74, 6) is 1.56. The summed E-state index contributed by atoms with van der Waals surface area (Å²) in [5, 5.41) is 3.57. The van der Waals surface area contributed by atoms with Gasteiger partial charge in [-0.25, -0.2) is 0 Å². The Bertz CT molecular complexity index is 413. The van der Waals surface area contributed by atoms with E-state index >= 15 is 0 Å². The molecule has 2 aliphatic rings. The van der Waals surface area contributed by atoms with Gasteiger partial charge in [0.15, 0.2) is 0 Å². The molecule has 0 bridgehead atoms. The highest BCUT2D eigenvalue weighted by molar-refractivity contribution is 5.27. The van der Waals surface area contributed by atoms with E-state index in [0.29, 0.717) is 11.3 Å². The van der Waals surface area contributed by atoms with Crippen molar-refractivity contribution in [2.75, 3.05) is 20.2 Å². The van der Waals surface area contributed by atoms with Crippen LogP contribution in [-0.2, 0) is 0 Å². The number of hydrogen-bond donors (Lipinski definition) is 1. The fraction of sp³-hybridized carbons (Fsp3) is 0.667. The lowest BCUT2D eigenvalue weighted by Crippen LogP contribution is -2.38. The minimum absolute atomic E-state index is 0.562. The van der Waals surface area contributed by atoms with Gasteiger partial charge in [0.25, 0.3) is 0 Å². The van der Waals surface area contributed by atoms with Gasteiger partial charge in [-0.05, 0) is 61.6 Å². The molecule has 1 saturated heterocycles. The van der Waals surface area contributed by atoms with E-state index in [9.17, 15) is 0 Å². The van der Waals surface area contributed by atoms with Crippen LogP contribution in [0.1, 0.15) is 43.6 Å². The second-order valence-corrected chi connectivity index (χ2v) is 5.88. The minimum atomic E-state index is 0.562. The van der Waals surface area contributed by atoms with Gasteiger partial charge < -0.3 is 10.1 Å². The summed E-state index contributed by atoms with van der Waals surface area (Å²) in [4.78, 5) is 4.29. The molecule has 1 spiro atoms. The number of rotatable bonds is 2. The summed E-state index contributed by atoms with van der Waals surface area (Å²) in [6.45, 7) is 2.41. The van der Waals surface area contributed by atoms with E-state index in [4.69, 9.17) is 4.74 Å². The van der Waals surface area contributed by atoms with E-state index in [1.807, 2.05) is 6.20 Å². The topological polar surface area (TPSA) is 34.1 Å². The molecule has 3 heteroatoms. The molecule has 2 fully saturated rings. The van der Waals surface area contributed by atoms with E-state index in [1.54, 1.807) is 13.3 Å². The summed E-state index contributed by atoms with van der Waals surface area (Å²) in [6.07, 6.45) is 10.5. The third-order valence-electron chi connectivity index (χ3n) is 4.70. The molecule has 1 aliphatic heterocycles. The monoisotopic (exact) mass is 246 g/mol. The van der Waals surface area contributed by atoms with E-state index in [2.05, 4.69) is 16.4 Å². The lowest BCUT2D eigenvalue weighted by molar-refractivity contribution is 0.214. The normalized spacial score (nSPS) is 31.7. The summed E-state index contributed by atoms with van der Waals surface area (Å²) in [6, 6.07) is 2.16. The first kappa shape index (κ1) is 12.0. The Hall–Kier alpha value is -1.09. The third-order valence-corrected chi connectivity index (χ3v) is 4.70. The van der Waals surface area contributed by atoms with E-state index < -0.39 is 0 Å². The average molecular weight is 246 g/mol. The van der Waals surface area contributed by atoms with Gasteiger partial charge in [-0.2, -0.15) is 0 Å². The molecule has 1 aromatic rings. The summed E-state index contributed by atoms with van der Waals surface area (Å²) >= 11 is 0. The quantitative estimate of drug-likeness (QED) is 0.871. The summed E-state index contributed by atoms with van der Waals surface area (Å²) < 4.78 is 5.28. The van der Waals surface area contributed by atoms with Gasteiger partial charge in [-0.3, -0.25) is 4.98 Å². The first-order valence-electron chi connectivity index (χ1n) is 7.01. The number of nitrogens with one attached hydrogen (secondary N) is 1. The number of ether oxygens (including phenoxy) is 1. The summed E-state index contributed by atoms with van der Waals surface area (Å²) in [7, 11) is 1.71. The first-order valence-corrected chi connectivity index (χ1v) is 7.01. The van der Waals surface area contributed by atoms with Gasteiger partial charge in [0.1, 0.15) is 5.75 Å². The highest BCUT2D eigenvalue weighted by Crippen LogP contribution is 2.49. The number of piperidine rings is 1. The van der Waals surface area contributed by atoms with Crippen molar-refractivity contribution >= 4 is 0 Å². The molecule has 98 valence electrons. The molecule has 1 saturated carbocycles. The predicted octanol–water partition coefficient (Wildman–Crippen LogP) is 2.73. The molecule has 3 rings (SSSR count). The molecule has 0 aromatic carbocycles. The SMILES string of the molecule is COc1cncc(C2CCC3(CCCNC3)C2)c1. The second kappa shape index (κ2) is 4.88. The lowest BCUT2D eigenvalue weighted by Gasteiger charge is -2.34. The van der Waals surface area contributed by atoms with Gasteiger partial charge in [0.05, 0.1) is 13.3 Å². The molecular weight excluding hydrogens is 224 g/mol. The van der Waals surface area contributed by atoms with Crippen LogP contribution >= 0.6 is 0 Å². The standard InChI is InChI=1S/C15H22N2O/c1-18-14-7-13(9-17-10-14)12-3-5-15(8-12)4-2-6-16-11-15/h7,9-10,12,16H,2-6,8,11H2,1H3. The van der Waals surface area contributed by atoms with Crippen LogP contribution in [0.15, 0.2) is 18.5 Å². The maximum atomic E-state index is 5.28. The molecule has 1 aliphatic carbocycles. The molecule has 0 amide bonds. The molecular formula is C15H22N2O. The van der Waals surface area contributed by atoms with Gasteiger partial charge >= 0.3 is 0 Å². The molecule has 2 unspecified atom stereocenters. The zero-order chi connectivity index (χ0) is 12.4. The van der Waals surface area contributed by atoms with Crippen molar-refractivity contribution in [2.45, 2.75) is 38.0 Å². The van der Waals surface area contributed by atoms with Crippen molar-refractivity contribution in [1.29, 1.82) is 0 Å². The number of methoxy groups -OCH3 is 1. The number of nitrogens with zero attached hydrogens (tertiary/aromatic N) is 1. The zero-order valence-electron chi connectivity index (χ0n) is 11.1. The molecule has 0 radical (unpaired) electrons. The van der Waals surface area contributed by atoms with Gasteiger partial charge in [0, 0.05) is 12.7 Å². The average Bonchev–Trinajstić information content (AvgIpc) is 2.83. The Morgan fingerprint density at radius 1 is 1.39 bits per heavy atom. The highest BCUT2D eigenvalue weighted by Gasteiger charge is 2.40. The fourth-order valence-corrected chi connectivity index (χ4v) is 3.68. The lowest BCUT2D eigenvalue weighted by atomic mass is 9.78. The third kappa shape index (κ3) is 2.24. The Morgan fingerprint density at radius 3 is 3.11 bits per heavy atom. The number of hydrogen-bond acceptors (Lipinski definition) is 3. The van der Waals surface area contributed by atoms with Gasteiger partial charge in [-0.1, -0.05) is 0 Å². The van der Waals surface area contributed by atoms with Crippen LogP contribution in [-0.4, -0.2) is 25.2 Å². The van der Waals surface area contributed by atoms with Crippen molar-refractivity contribution in [1.82, 2.24) is 10.3 Å². The largest absolute Gasteiger partial charge is 0.495 e. The smallest absolute Gasteiger partial charge is 0.137 e. The van der Waals surface area contributed by atoms with Crippen molar-refractivity contribution < 1.29 is 4.74 Å². The highest BCUT2D eigenvalue weighted by atomic mass is 16.5. The Morgan fingerprint density at radius 2 is 2.33 bits per heavy atom. The maximum Gasteiger partial charge on any atom is 0.137 e. The van der Waals surface area contributed by atoms with E-state index in [0.717, 1.165) is 5.75 Å². The van der Waals surface area contributed by atoms with E-state index in [1.165, 1.54) is 50.8 Å². The van der Waals surface area contributed by atoms with Crippen LogP contribution in [0, 0.1) is 5.41 Å². The van der Waals surface area contributed by atoms with Crippen molar-refractivity contribution in [3.8, 4) is 5.75 Å². The zero-order valence-corrected chi connectivity index (χ0v) is 11.1. The Labute approximate surface area is 109 Å². The van der Waals surface area contributed by atoms with Crippen molar-refractivity contribution in [3.05, 3.63) is 24.0 Å². The maximum absolute atomic E-state index is 5.28. The molecule has 1 N–H and O–H groups in total. The van der Waals surface area contributed by atoms with Crippen molar-refractivity contribution in [3.63, 3.8) is 0 Å². The van der Waals surface area contributed by atoms with Crippen molar-refractivity contribution in [2.24, 2.45) is 5.41 Å². The van der Waals surface area contributed by atoms with Crippen LogP contribution in [0.4, 0.5) is 0 Å². The molecule has 3 nitrogen and oxygen atoms in total. The number of pyridine rings is 1. The van der Waals surface area contributed by atoms with Crippen LogP contribution in [0.3, 0.4) is 0 Å². The first-order chi connectivity index (χ1) is 8.81. The van der Waals surface area contributed by atoms with Crippen LogP contribution < -0.4 is 10.1 Å². The fourth-order valence-electron chi connectivity index (χ4n) is 3.68. The van der Waals surface area contributed by atoms with E-state index in [-0.39, 0.29) is 0 Å². The van der Waals surface area contributed by atoms with Crippen LogP contribution in [0.5, 0.6) is 5.75 Å². The molecule has 2 heterocycles. The second-order valence-electron chi connectivity index (χ2n) is 5.88. The molecule has 1 aromatic heterocycles. The molecule has 18 heavy (non-hydrogen) atoms. The predicted molar refractivity (Wildman–Crippen MR) is 71.9 cm³/mol. The van der Waals surface area contributed by atoms with Crippen LogP contribution in [0.2, 0.25) is 0 Å². The van der Waals surface area contributed by atoms with Gasteiger partial charge in [0.2, 0.25) is 0 Å². The van der Waals surface area contributed by atoms with Gasteiger partial charge in [-0.15, -0.1) is 0 Å². The number of aromatic nitrogens is 1.